The minimum absolute atomic E-state index is 0.0132. The van der Waals surface area contributed by atoms with Crippen molar-refractivity contribution in [1.82, 2.24) is 4.98 Å². The SMILES string of the molecule is NCc1cc(CN2C(=O)CCc3ccc(F)cc32)ccn1. The summed E-state index contributed by atoms with van der Waals surface area (Å²) in [4.78, 5) is 18.0. The van der Waals surface area contributed by atoms with Crippen LogP contribution in [-0.2, 0) is 24.3 Å². The van der Waals surface area contributed by atoms with Crippen LogP contribution in [0.1, 0.15) is 23.2 Å². The molecule has 4 nitrogen and oxygen atoms in total. The van der Waals surface area contributed by atoms with E-state index < -0.39 is 0 Å². The summed E-state index contributed by atoms with van der Waals surface area (Å²) >= 11 is 0. The summed E-state index contributed by atoms with van der Waals surface area (Å²) < 4.78 is 13.5. The molecule has 1 aliphatic rings. The largest absolute Gasteiger partial charge is 0.325 e. The summed E-state index contributed by atoms with van der Waals surface area (Å²) in [7, 11) is 0. The van der Waals surface area contributed by atoms with Gasteiger partial charge in [0, 0.05) is 19.2 Å². The Morgan fingerprint density at radius 1 is 1.24 bits per heavy atom. The maximum Gasteiger partial charge on any atom is 0.227 e. The van der Waals surface area contributed by atoms with Crippen molar-refractivity contribution < 1.29 is 9.18 Å². The summed E-state index contributed by atoms with van der Waals surface area (Å²) in [6.07, 6.45) is 2.79. The van der Waals surface area contributed by atoms with Crippen LogP contribution < -0.4 is 10.6 Å². The van der Waals surface area contributed by atoms with Crippen LogP contribution in [0, 0.1) is 5.82 Å². The van der Waals surface area contributed by atoms with Crippen molar-refractivity contribution in [2.45, 2.75) is 25.9 Å². The van der Waals surface area contributed by atoms with Gasteiger partial charge in [0.25, 0.3) is 0 Å². The lowest BCUT2D eigenvalue weighted by molar-refractivity contribution is -0.119. The molecule has 108 valence electrons. The number of pyridine rings is 1. The van der Waals surface area contributed by atoms with E-state index in [0.29, 0.717) is 31.6 Å². The van der Waals surface area contributed by atoms with E-state index in [-0.39, 0.29) is 11.7 Å². The van der Waals surface area contributed by atoms with E-state index in [9.17, 15) is 9.18 Å². The average molecular weight is 285 g/mol. The Morgan fingerprint density at radius 3 is 2.90 bits per heavy atom. The average Bonchev–Trinajstić information content (AvgIpc) is 2.50. The van der Waals surface area contributed by atoms with Crippen LogP contribution >= 0.6 is 0 Å². The van der Waals surface area contributed by atoms with Crippen molar-refractivity contribution in [2.75, 3.05) is 4.90 Å². The predicted molar refractivity (Wildman–Crippen MR) is 78.0 cm³/mol. The number of amides is 1. The second-order valence-corrected chi connectivity index (χ2v) is 5.11. The summed E-state index contributed by atoms with van der Waals surface area (Å²) in [6.45, 7) is 0.762. The number of anilines is 1. The van der Waals surface area contributed by atoms with Gasteiger partial charge in [0.1, 0.15) is 5.82 Å². The highest BCUT2D eigenvalue weighted by molar-refractivity contribution is 5.96. The van der Waals surface area contributed by atoms with Gasteiger partial charge in [-0.15, -0.1) is 0 Å². The molecule has 0 unspecified atom stereocenters. The fourth-order valence-corrected chi connectivity index (χ4v) is 2.60. The third-order valence-corrected chi connectivity index (χ3v) is 3.68. The van der Waals surface area contributed by atoms with Crippen LogP contribution in [0.5, 0.6) is 0 Å². The maximum atomic E-state index is 13.5. The molecule has 0 bridgehead atoms. The number of aryl methyl sites for hydroxylation is 1. The summed E-state index contributed by atoms with van der Waals surface area (Å²) in [6, 6.07) is 8.34. The first kappa shape index (κ1) is 13.7. The van der Waals surface area contributed by atoms with Crippen molar-refractivity contribution in [3.63, 3.8) is 0 Å². The lowest BCUT2D eigenvalue weighted by atomic mass is 10.0. The number of nitrogens with zero attached hydrogens (tertiary/aromatic N) is 2. The molecule has 3 rings (SSSR count). The summed E-state index contributed by atoms with van der Waals surface area (Å²) in [5.41, 5.74) is 8.97. The number of hydrogen-bond donors (Lipinski definition) is 1. The van der Waals surface area contributed by atoms with Gasteiger partial charge in [-0.05, 0) is 41.8 Å². The zero-order chi connectivity index (χ0) is 14.8. The first-order chi connectivity index (χ1) is 10.2. The first-order valence-corrected chi connectivity index (χ1v) is 6.90. The lowest BCUT2D eigenvalue weighted by Gasteiger charge is -2.29. The molecular weight excluding hydrogens is 269 g/mol. The van der Waals surface area contributed by atoms with Gasteiger partial charge >= 0.3 is 0 Å². The van der Waals surface area contributed by atoms with Gasteiger partial charge in [-0.1, -0.05) is 6.07 Å². The van der Waals surface area contributed by atoms with Gasteiger partial charge in [0.05, 0.1) is 17.9 Å². The number of hydrogen-bond acceptors (Lipinski definition) is 3. The molecule has 1 aliphatic heterocycles. The molecule has 2 N–H and O–H groups in total. The molecule has 0 saturated carbocycles. The Hall–Kier alpha value is -2.27. The second kappa shape index (κ2) is 5.61. The van der Waals surface area contributed by atoms with E-state index in [0.717, 1.165) is 16.8 Å². The van der Waals surface area contributed by atoms with E-state index in [1.165, 1.54) is 12.1 Å². The number of rotatable bonds is 3. The normalized spacial score (nSPS) is 14.2. The Balaban J connectivity index is 1.94. The fourth-order valence-electron chi connectivity index (χ4n) is 2.60. The Bertz CT molecular complexity index is 687. The van der Waals surface area contributed by atoms with Gasteiger partial charge in [0.2, 0.25) is 5.91 Å². The number of aromatic nitrogens is 1. The molecule has 2 heterocycles. The fraction of sp³-hybridized carbons (Fsp3) is 0.250. The number of benzene rings is 1. The highest BCUT2D eigenvalue weighted by Gasteiger charge is 2.24. The van der Waals surface area contributed by atoms with Crippen molar-refractivity contribution >= 4 is 11.6 Å². The van der Waals surface area contributed by atoms with Crippen molar-refractivity contribution in [3.05, 3.63) is 59.2 Å². The van der Waals surface area contributed by atoms with Crippen LogP contribution in [0.3, 0.4) is 0 Å². The van der Waals surface area contributed by atoms with Crippen LogP contribution in [0.2, 0.25) is 0 Å². The summed E-state index contributed by atoms with van der Waals surface area (Å²) in [5, 5.41) is 0. The monoisotopic (exact) mass is 285 g/mol. The second-order valence-electron chi connectivity index (χ2n) is 5.11. The Labute approximate surface area is 122 Å². The standard InChI is InChI=1S/C16H16FN3O/c17-13-3-1-12-2-4-16(21)20(15(12)8-13)10-11-5-6-19-14(7-11)9-18/h1,3,5-8H,2,4,9-10,18H2. The van der Waals surface area contributed by atoms with E-state index >= 15 is 0 Å². The molecule has 0 fully saturated rings. The zero-order valence-electron chi connectivity index (χ0n) is 11.6. The van der Waals surface area contributed by atoms with Crippen molar-refractivity contribution in [2.24, 2.45) is 5.73 Å². The number of fused-ring (bicyclic) bond motifs is 1. The molecule has 0 radical (unpaired) electrons. The minimum atomic E-state index is -0.328. The Kier molecular flexibility index (Phi) is 3.66. The number of carbonyl (C=O) groups excluding carboxylic acids is 1. The molecule has 1 amide bonds. The van der Waals surface area contributed by atoms with Gasteiger partial charge < -0.3 is 10.6 Å². The molecule has 1 aromatic heterocycles. The molecule has 0 saturated heterocycles. The van der Waals surface area contributed by atoms with Gasteiger partial charge in [-0.25, -0.2) is 4.39 Å². The molecule has 1 aromatic carbocycles. The molecule has 0 aliphatic carbocycles. The van der Waals surface area contributed by atoms with Gasteiger partial charge in [-0.3, -0.25) is 9.78 Å². The van der Waals surface area contributed by atoms with Crippen LogP contribution in [0.15, 0.2) is 36.5 Å². The van der Waals surface area contributed by atoms with E-state index in [1.807, 2.05) is 12.1 Å². The van der Waals surface area contributed by atoms with Gasteiger partial charge in [-0.2, -0.15) is 0 Å². The Morgan fingerprint density at radius 2 is 2.10 bits per heavy atom. The van der Waals surface area contributed by atoms with E-state index in [4.69, 9.17) is 5.73 Å². The van der Waals surface area contributed by atoms with Crippen molar-refractivity contribution in [1.29, 1.82) is 0 Å². The summed E-state index contributed by atoms with van der Waals surface area (Å²) in [5.74, 6) is -0.315. The lowest BCUT2D eigenvalue weighted by Crippen LogP contribution is -2.34. The quantitative estimate of drug-likeness (QED) is 0.940. The van der Waals surface area contributed by atoms with E-state index in [1.54, 1.807) is 17.2 Å². The smallest absolute Gasteiger partial charge is 0.227 e. The first-order valence-electron chi connectivity index (χ1n) is 6.90. The topological polar surface area (TPSA) is 59.2 Å². The molecule has 0 atom stereocenters. The van der Waals surface area contributed by atoms with Crippen molar-refractivity contribution in [3.8, 4) is 0 Å². The molecule has 0 spiro atoms. The molecular formula is C16H16FN3O. The molecule has 5 heteroatoms. The molecule has 2 aromatic rings. The third-order valence-electron chi connectivity index (χ3n) is 3.68. The molecule has 21 heavy (non-hydrogen) atoms. The van der Waals surface area contributed by atoms with Crippen LogP contribution in [-0.4, -0.2) is 10.9 Å². The number of nitrogens with two attached hydrogens (primary N) is 1. The third kappa shape index (κ3) is 2.78. The van der Waals surface area contributed by atoms with Crippen LogP contribution in [0.4, 0.5) is 10.1 Å². The van der Waals surface area contributed by atoms with Crippen LogP contribution in [0.25, 0.3) is 0 Å². The predicted octanol–water partition coefficient (Wildman–Crippen LogP) is 2.16. The van der Waals surface area contributed by atoms with Gasteiger partial charge in [0.15, 0.2) is 0 Å². The number of halogens is 1. The zero-order valence-corrected chi connectivity index (χ0v) is 11.6. The minimum Gasteiger partial charge on any atom is -0.325 e. The highest BCUT2D eigenvalue weighted by Crippen LogP contribution is 2.30. The highest BCUT2D eigenvalue weighted by atomic mass is 19.1. The van der Waals surface area contributed by atoms with E-state index in [2.05, 4.69) is 4.98 Å². The maximum absolute atomic E-state index is 13.5. The number of carbonyl (C=O) groups is 1.